The van der Waals surface area contributed by atoms with Crippen molar-refractivity contribution in [3.05, 3.63) is 20.8 Å². The molecule has 86 valence electrons. The molecular formula is C10H16BrClN2S. The highest BCUT2D eigenvalue weighted by Crippen LogP contribution is 2.23. The maximum Gasteiger partial charge on any atom is 0.0701 e. The lowest BCUT2D eigenvalue weighted by molar-refractivity contribution is 0.287. The van der Waals surface area contributed by atoms with Gasteiger partial charge in [-0.25, -0.2) is 0 Å². The molecule has 1 fully saturated rings. The fraction of sp³-hybridized carbons (Fsp3) is 0.600. The van der Waals surface area contributed by atoms with Crippen LogP contribution in [0.15, 0.2) is 15.9 Å². The first kappa shape index (κ1) is 13.5. The first-order valence-corrected chi connectivity index (χ1v) is 6.63. The van der Waals surface area contributed by atoms with Crippen molar-refractivity contribution >= 4 is 39.7 Å². The third-order valence-corrected chi connectivity index (χ3v) is 4.05. The Kier molecular flexibility index (Phi) is 6.16. The molecule has 1 saturated heterocycles. The second kappa shape index (κ2) is 6.86. The van der Waals surface area contributed by atoms with Gasteiger partial charge in [0.25, 0.3) is 0 Å². The van der Waals surface area contributed by atoms with E-state index in [0.29, 0.717) is 0 Å². The van der Waals surface area contributed by atoms with E-state index in [1.807, 2.05) is 11.3 Å². The van der Waals surface area contributed by atoms with Gasteiger partial charge in [0, 0.05) is 24.5 Å². The maximum atomic E-state index is 3.50. The van der Waals surface area contributed by atoms with Gasteiger partial charge in [-0.1, -0.05) is 0 Å². The molecule has 1 aromatic rings. The van der Waals surface area contributed by atoms with Crippen LogP contribution >= 0.6 is 39.7 Å². The highest BCUT2D eigenvalue weighted by Gasteiger charge is 2.09. The van der Waals surface area contributed by atoms with Crippen molar-refractivity contribution in [1.82, 2.24) is 10.2 Å². The summed E-state index contributed by atoms with van der Waals surface area (Å²) in [4.78, 5) is 3.98. The molecule has 2 heterocycles. The molecule has 15 heavy (non-hydrogen) atoms. The summed E-state index contributed by atoms with van der Waals surface area (Å²) in [6.45, 7) is 5.81. The van der Waals surface area contributed by atoms with Gasteiger partial charge < -0.3 is 5.32 Å². The fourth-order valence-corrected chi connectivity index (χ4v) is 3.24. The van der Waals surface area contributed by atoms with Crippen molar-refractivity contribution in [3.63, 3.8) is 0 Å². The Morgan fingerprint density at radius 3 is 2.93 bits per heavy atom. The molecule has 0 bridgehead atoms. The van der Waals surface area contributed by atoms with Crippen LogP contribution in [0.5, 0.6) is 0 Å². The summed E-state index contributed by atoms with van der Waals surface area (Å²) < 4.78 is 1.24. The molecule has 0 spiro atoms. The molecule has 0 aromatic carbocycles. The zero-order valence-corrected chi connectivity index (χ0v) is 11.8. The maximum absolute atomic E-state index is 3.50. The average Bonchev–Trinajstić information content (AvgIpc) is 2.43. The van der Waals surface area contributed by atoms with Crippen LogP contribution < -0.4 is 5.32 Å². The van der Waals surface area contributed by atoms with Gasteiger partial charge in [-0.05, 0) is 47.6 Å². The minimum atomic E-state index is 0. The molecule has 5 heteroatoms. The quantitative estimate of drug-likeness (QED) is 0.903. The van der Waals surface area contributed by atoms with Crippen LogP contribution in [0, 0.1) is 0 Å². The van der Waals surface area contributed by atoms with E-state index in [4.69, 9.17) is 0 Å². The number of halogens is 2. The predicted octanol–water partition coefficient (Wildman–Crippen LogP) is 2.73. The molecule has 1 aromatic heterocycles. The summed E-state index contributed by atoms with van der Waals surface area (Å²) >= 11 is 5.34. The number of hydrogen-bond donors (Lipinski definition) is 1. The number of nitrogens with zero attached hydrogens (tertiary/aromatic N) is 1. The standard InChI is InChI=1S/C10H15BrN2S.ClH/c11-10-3-2-9(14-10)8-13-6-1-4-12-5-7-13;/h2-3,12H,1,4-8H2;1H. The molecule has 0 aliphatic carbocycles. The normalized spacial score (nSPS) is 18.2. The Balaban J connectivity index is 0.00000112. The molecule has 1 aliphatic rings. The molecule has 0 atom stereocenters. The lowest BCUT2D eigenvalue weighted by atomic mass is 10.3. The van der Waals surface area contributed by atoms with E-state index in [1.165, 1.54) is 34.7 Å². The van der Waals surface area contributed by atoms with Crippen LogP contribution in [-0.4, -0.2) is 31.1 Å². The van der Waals surface area contributed by atoms with Crippen LogP contribution in [0.25, 0.3) is 0 Å². The fourth-order valence-electron chi connectivity index (χ4n) is 1.72. The predicted molar refractivity (Wildman–Crippen MR) is 72.0 cm³/mol. The monoisotopic (exact) mass is 310 g/mol. The molecule has 0 amide bonds. The van der Waals surface area contributed by atoms with Gasteiger partial charge in [0.05, 0.1) is 3.79 Å². The van der Waals surface area contributed by atoms with Gasteiger partial charge in [0.1, 0.15) is 0 Å². The molecule has 0 radical (unpaired) electrons. The third kappa shape index (κ3) is 4.41. The second-order valence-electron chi connectivity index (χ2n) is 3.59. The van der Waals surface area contributed by atoms with Crippen LogP contribution in [0.1, 0.15) is 11.3 Å². The minimum Gasteiger partial charge on any atom is -0.315 e. The largest absolute Gasteiger partial charge is 0.315 e. The number of thiophene rings is 1. The molecular weight excluding hydrogens is 296 g/mol. The summed E-state index contributed by atoms with van der Waals surface area (Å²) in [7, 11) is 0. The second-order valence-corrected chi connectivity index (χ2v) is 6.13. The zero-order chi connectivity index (χ0) is 9.80. The van der Waals surface area contributed by atoms with Crippen molar-refractivity contribution in [1.29, 1.82) is 0 Å². The van der Waals surface area contributed by atoms with Crippen molar-refractivity contribution in [3.8, 4) is 0 Å². The Morgan fingerprint density at radius 2 is 2.20 bits per heavy atom. The molecule has 1 N–H and O–H groups in total. The summed E-state index contributed by atoms with van der Waals surface area (Å²) in [5.41, 5.74) is 0. The average molecular weight is 312 g/mol. The molecule has 0 saturated carbocycles. The highest BCUT2D eigenvalue weighted by molar-refractivity contribution is 9.11. The van der Waals surface area contributed by atoms with E-state index in [9.17, 15) is 0 Å². The topological polar surface area (TPSA) is 15.3 Å². The van der Waals surface area contributed by atoms with Gasteiger partial charge >= 0.3 is 0 Å². The van der Waals surface area contributed by atoms with E-state index in [0.717, 1.165) is 13.1 Å². The van der Waals surface area contributed by atoms with Crippen molar-refractivity contribution < 1.29 is 0 Å². The summed E-state index contributed by atoms with van der Waals surface area (Å²) in [6, 6.07) is 4.35. The number of hydrogen-bond acceptors (Lipinski definition) is 3. The van der Waals surface area contributed by atoms with E-state index in [1.54, 1.807) is 0 Å². The molecule has 1 aliphatic heterocycles. The first-order valence-electron chi connectivity index (χ1n) is 5.02. The van der Waals surface area contributed by atoms with Crippen molar-refractivity contribution in [2.45, 2.75) is 13.0 Å². The van der Waals surface area contributed by atoms with E-state index in [2.05, 4.69) is 38.3 Å². The summed E-state index contributed by atoms with van der Waals surface area (Å²) in [6.07, 6.45) is 1.27. The van der Waals surface area contributed by atoms with Crippen LogP contribution in [0.3, 0.4) is 0 Å². The Bertz CT molecular complexity index is 285. The van der Waals surface area contributed by atoms with Crippen LogP contribution in [-0.2, 0) is 6.54 Å². The summed E-state index contributed by atoms with van der Waals surface area (Å²) in [5.74, 6) is 0. The smallest absolute Gasteiger partial charge is 0.0701 e. The lowest BCUT2D eigenvalue weighted by Crippen LogP contribution is -2.27. The summed E-state index contributed by atoms with van der Waals surface area (Å²) in [5, 5.41) is 3.42. The van der Waals surface area contributed by atoms with Gasteiger partial charge in [0.15, 0.2) is 0 Å². The van der Waals surface area contributed by atoms with Gasteiger partial charge in [-0.2, -0.15) is 0 Å². The Hall–Kier alpha value is 0.390. The van der Waals surface area contributed by atoms with Gasteiger partial charge in [-0.15, -0.1) is 23.7 Å². The molecule has 2 rings (SSSR count). The number of rotatable bonds is 2. The number of nitrogens with one attached hydrogen (secondary N) is 1. The van der Waals surface area contributed by atoms with Crippen LogP contribution in [0.2, 0.25) is 0 Å². The van der Waals surface area contributed by atoms with E-state index in [-0.39, 0.29) is 12.4 Å². The van der Waals surface area contributed by atoms with Gasteiger partial charge in [0.2, 0.25) is 0 Å². The molecule has 0 unspecified atom stereocenters. The van der Waals surface area contributed by atoms with Crippen molar-refractivity contribution in [2.24, 2.45) is 0 Å². The van der Waals surface area contributed by atoms with Crippen LogP contribution in [0.4, 0.5) is 0 Å². The molecule has 2 nitrogen and oxygen atoms in total. The van der Waals surface area contributed by atoms with Crippen molar-refractivity contribution in [2.75, 3.05) is 26.2 Å². The first-order chi connectivity index (χ1) is 6.84. The van der Waals surface area contributed by atoms with Gasteiger partial charge in [-0.3, -0.25) is 4.90 Å². The van der Waals surface area contributed by atoms with E-state index >= 15 is 0 Å². The Morgan fingerprint density at radius 1 is 1.33 bits per heavy atom. The highest BCUT2D eigenvalue weighted by atomic mass is 79.9. The third-order valence-electron chi connectivity index (χ3n) is 2.44. The lowest BCUT2D eigenvalue weighted by Gasteiger charge is -2.17. The SMILES string of the molecule is Brc1ccc(CN2CCCNCC2)s1.Cl. The Labute approximate surface area is 110 Å². The zero-order valence-electron chi connectivity index (χ0n) is 8.54. The minimum absolute atomic E-state index is 0. The van der Waals surface area contributed by atoms with E-state index < -0.39 is 0 Å².